The number of rotatable bonds is 11. The van der Waals surface area contributed by atoms with Crippen molar-refractivity contribution in [2.24, 2.45) is 0 Å². The van der Waals surface area contributed by atoms with Crippen molar-refractivity contribution >= 4 is 16.6 Å². The molecule has 136 valence electrons. The molecule has 0 aromatic carbocycles. The van der Waals surface area contributed by atoms with E-state index in [2.05, 4.69) is 53.9 Å². The second-order valence-electron chi connectivity index (χ2n) is 7.66. The molecule has 0 aliphatic heterocycles. The highest BCUT2D eigenvalue weighted by Crippen LogP contribution is 2.28. The Morgan fingerprint density at radius 1 is 0.955 bits per heavy atom. The average Bonchev–Trinajstić information content (AvgIpc) is 2.30. The lowest BCUT2D eigenvalue weighted by atomic mass is 10.2. The van der Waals surface area contributed by atoms with Crippen LogP contribution in [0.4, 0.5) is 0 Å². The summed E-state index contributed by atoms with van der Waals surface area (Å²) in [6.07, 6.45) is 5.21. The molecule has 1 atom stereocenters. The number of unbranched alkanes of at least 4 members (excludes halogenated alkanes) is 3. The van der Waals surface area contributed by atoms with Crippen LogP contribution in [0.1, 0.15) is 60.8 Å². The minimum absolute atomic E-state index is 0. The Hall–Kier alpha value is 0.314. The Balaban J connectivity index is 0. The molecule has 0 fully saturated rings. The first-order valence-electron chi connectivity index (χ1n) is 8.39. The number of hydrogen-bond donors (Lipinski definition) is 0. The molecule has 0 bridgehead atoms. The summed E-state index contributed by atoms with van der Waals surface area (Å²) in [6, 6.07) is 1.21. The molecule has 0 aliphatic rings. The summed E-state index contributed by atoms with van der Waals surface area (Å²) in [5, 5.41) is 0. The second-order valence-corrected chi connectivity index (χ2v) is 16.1. The van der Waals surface area contributed by atoms with Crippen molar-refractivity contribution in [3.05, 3.63) is 0 Å². The molecule has 0 heterocycles. The number of hydrogen-bond acceptors (Lipinski definition) is 3. The molecule has 22 heavy (non-hydrogen) atoms. The zero-order valence-electron chi connectivity index (χ0n) is 15.8. The van der Waals surface area contributed by atoms with Crippen molar-refractivity contribution < 1.29 is 13.6 Å². The molecular formula is C17H42O3Si2. The van der Waals surface area contributed by atoms with Crippen LogP contribution in [0.25, 0.3) is 0 Å². The molecule has 0 aromatic heterocycles. The van der Waals surface area contributed by atoms with Gasteiger partial charge in [-0.2, -0.15) is 0 Å². The maximum Gasteiger partial charge on any atom is 0.218 e. The normalized spacial score (nSPS) is 14.6. The predicted octanol–water partition coefficient (Wildman–Crippen LogP) is 5.96. The highest BCUT2D eigenvalue weighted by atomic mass is 28.4. The smallest absolute Gasteiger partial charge is 0.218 e. The van der Waals surface area contributed by atoms with Gasteiger partial charge in [-0.05, 0) is 53.0 Å². The van der Waals surface area contributed by atoms with Crippen LogP contribution < -0.4 is 0 Å². The van der Waals surface area contributed by atoms with Crippen molar-refractivity contribution in [3.8, 4) is 0 Å². The van der Waals surface area contributed by atoms with E-state index >= 15 is 0 Å². The molecule has 0 aliphatic carbocycles. The van der Waals surface area contributed by atoms with Gasteiger partial charge in [-0.25, -0.2) is 0 Å². The highest BCUT2D eigenvalue weighted by molar-refractivity contribution is 6.73. The van der Waals surface area contributed by atoms with E-state index < -0.39 is 22.4 Å². The fourth-order valence-corrected chi connectivity index (χ4v) is 7.42. The molecule has 0 rings (SSSR count). The van der Waals surface area contributed by atoms with Crippen molar-refractivity contribution in [2.75, 3.05) is 7.11 Å². The van der Waals surface area contributed by atoms with Crippen LogP contribution in [0.5, 0.6) is 0 Å². The molecule has 0 saturated carbocycles. The van der Waals surface area contributed by atoms with Crippen LogP contribution in [0.15, 0.2) is 0 Å². The van der Waals surface area contributed by atoms with Crippen LogP contribution in [0, 0.1) is 0 Å². The lowest BCUT2D eigenvalue weighted by Gasteiger charge is -2.41. The van der Waals surface area contributed by atoms with Gasteiger partial charge in [0.05, 0.1) is 5.73 Å². The maximum atomic E-state index is 6.43. The summed E-state index contributed by atoms with van der Waals surface area (Å²) in [6.45, 7) is 17.5. The monoisotopic (exact) mass is 350 g/mol. The average molecular weight is 351 g/mol. The van der Waals surface area contributed by atoms with E-state index in [-0.39, 0.29) is 13.2 Å². The first kappa shape index (κ1) is 24.6. The third-order valence-corrected chi connectivity index (χ3v) is 9.81. The molecule has 0 amide bonds. The van der Waals surface area contributed by atoms with Crippen molar-refractivity contribution in [1.29, 1.82) is 0 Å². The second kappa shape index (κ2) is 10.2. The van der Waals surface area contributed by atoms with E-state index in [9.17, 15) is 0 Å². The van der Waals surface area contributed by atoms with Gasteiger partial charge in [0.1, 0.15) is 5.79 Å². The summed E-state index contributed by atoms with van der Waals surface area (Å²) in [4.78, 5) is 0. The predicted molar refractivity (Wildman–Crippen MR) is 103 cm³/mol. The van der Waals surface area contributed by atoms with Crippen molar-refractivity contribution in [1.82, 2.24) is 0 Å². The van der Waals surface area contributed by atoms with Gasteiger partial charge in [0.15, 0.2) is 8.32 Å². The van der Waals surface area contributed by atoms with Crippen LogP contribution >= 0.6 is 0 Å². The lowest BCUT2D eigenvalue weighted by molar-refractivity contribution is -0.102. The zero-order chi connectivity index (χ0) is 16.7. The molecule has 0 radical (unpaired) electrons. The van der Waals surface area contributed by atoms with Gasteiger partial charge in [-0.15, -0.1) is 0 Å². The van der Waals surface area contributed by atoms with E-state index in [0.717, 1.165) is 0 Å². The van der Waals surface area contributed by atoms with Gasteiger partial charge >= 0.3 is 0 Å². The molecule has 0 saturated heterocycles. The molecular weight excluding hydrogens is 308 g/mol. The van der Waals surface area contributed by atoms with E-state index in [1.807, 2.05) is 0 Å². The third kappa shape index (κ3) is 10.2. The van der Waals surface area contributed by atoms with Gasteiger partial charge in [0, 0.05) is 7.11 Å². The lowest BCUT2D eigenvalue weighted by Crippen LogP contribution is -2.53. The Morgan fingerprint density at radius 3 is 1.95 bits per heavy atom. The highest BCUT2D eigenvalue weighted by Gasteiger charge is 2.40. The van der Waals surface area contributed by atoms with Gasteiger partial charge in [0.2, 0.25) is 8.32 Å². The minimum Gasteiger partial charge on any atom is -0.392 e. The van der Waals surface area contributed by atoms with Crippen LogP contribution in [0.2, 0.25) is 32.2 Å². The van der Waals surface area contributed by atoms with Gasteiger partial charge in [0.25, 0.3) is 0 Å². The van der Waals surface area contributed by atoms with Crippen LogP contribution in [-0.4, -0.2) is 35.3 Å². The summed E-state index contributed by atoms with van der Waals surface area (Å²) < 4.78 is 18.3. The molecule has 0 spiro atoms. The number of ether oxygens (including phenoxy) is 1. The minimum atomic E-state index is -1.91. The van der Waals surface area contributed by atoms with Crippen LogP contribution in [-0.2, 0) is 13.6 Å². The maximum absolute atomic E-state index is 6.43. The van der Waals surface area contributed by atoms with Crippen molar-refractivity contribution in [3.63, 3.8) is 0 Å². The number of methoxy groups -OCH3 is 1. The largest absolute Gasteiger partial charge is 0.392 e. The van der Waals surface area contributed by atoms with E-state index in [1.165, 1.54) is 31.7 Å². The Bertz CT molecular complexity index is 292. The fourth-order valence-electron chi connectivity index (χ4n) is 2.72. The Morgan fingerprint density at radius 2 is 1.50 bits per heavy atom. The zero-order valence-corrected chi connectivity index (χ0v) is 17.8. The van der Waals surface area contributed by atoms with E-state index in [4.69, 9.17) is 13.6 Å². The molecule has 5 heteroatoms. The summed E-state index contributed by atoms with van der Waals surface area (Å²) in [5.74, 6) is -0.511. The Labute approximate surface area is 142 Å². The molecule has 3 nitrogen and oxygen atoms in total. The summed E-state index contributed by atoms with van der Waals surface area (Å²) in [7, 11) is -1.83. The van der Waals surface area contributed by atoms with Gasteiger partial charge < -0.3 is 13.6 Å². The van der Waals surface area contributed by atoms with Crippen molar-refractivity contribution in [2.45, 2.75) is 105 Å². The standard InChI is InChI=1S/C16H38O3Si2.CH4/c1-10-11-12-13-14-20(6,7)18-16(3,4)19-21(8,9)15(2)17-5;/h15H,10-14H2,1-9H3;1H4. The van der Waals surface area contributed by atoms with Crippen LogP contribution in [0.3, 0.4) is 0 Å². The topological polar surface area (TPSA) is 27.7 Å². The van der Waals surface area contributed by atoms with Gasteiger partial charge in [-0.1, -0.05) is 40.0 Å². The molecule has 0 aromatic rings. The molecule has 0 N–H and O–H groups in total. The summed E-state index contributed by atoms with van der Waals surface area (Å²) >= 11 is 0. The fraction of sp³-hybridized carbons (Fsp3) is 1.00. The first-order valence-corrected chi connectivity index (χ1v) is 14.5. The summed E-state index contributed by atoms with van der Waals surface area (Å²) in [5.41, 5.74) is 0.162. The molecule has 1 unspecified atom stereocenters. The van der Waals surface area contributed by atoms with Gasteiger partial charge in [-0.3, -0.25) is 0 Å². The third-order valence-electron chi connectivity index (χ3n) is 4.00. The van der Waals surface area contributed by atoms with E-state index in [0.29, 0.717) is 0 Å². The van der Waals surface area contributed by atoms with E-state index in [1.54, 1.807) is 7.11 Å². The quantitative estimate of drug-likeness (QED) is 0.261. The SMILES string of the molecule is C.CCCCCC[Si](C)(C)OC(C)(C)O[Si](C)(C)C(C)OC. The first-order chi connectivity index (χ1) is 9.46. The Kier molecular flexibility index (Phi) is 11.4.